The van der Waals surface area contributed by atoms with Crippen molar-refractivity contribution in [3.8, 4) is 0 Å². The molecule has 2 aromatic rings. The largest absolute Gasteiger partial charge is 0.399 e. The highest BCUT2D eigenvalue weighted by Gasteiger charge is 2.20. The molecule has 19 heavy (non-hydrogen) atoms. The summed E-state index contributed by atoms with van der Waals surface area (Å²) in [6.07, 6.45) is 0. The molecule has 1 aromatic carbocycles. The van der Waals surface area contributed by atoms with Crippen LogP contribution in [-0.2, 0) is 0 Å². The van der Waals surface area contributed by atoms with E-state index in [2.05, 4.69) is 34.7 Å². The maximum absolute atomic E-state index is 5.86. The van der Waals surface area contributed by atoms with E-state index in [-0.39, 0.29) is 0 Å². The monoisotopic (exact) mass is 259 g/mol. The van der Waals surface area contributed by atoms with E-state index in [9.17, 15) is 0 Å². The molecule has 1 aromatic heterocycles. The Bertz CT molecular complexity index is 581. The summed E-state index contributed by atoms with van der Waals surface area (Å²) in [5.74, 6) is 1.07. The van der Waals surface area contributed by atoms with Crippen molar-refractivity contribution in [2.24, 2.45) is 0 Å². The van der Waals surface area contributed by atoms with Crippen molar-refractivity contribution < 1.29 is 0 Å². The van der Waals surface area contributed by atoms with Crippen LogP contribution in [0.1, 0.15) is 19.9 Å². The second-order valence-corrected chi connectivity index (χ2v) is 5.36. The second kappa shape index (κ2) is 4.74. The van der Waals surface area contributed by atoms with Crippen molar-refractivity contribution >= 4 is 22.7 Å². The highest BCUT2D eigenvalue weighted by Crippen LogP contribution is 2.28. The fraction of sp³-hybridized carbons (Fsp3) is 0.500. The van der Waals surface area contributed by atoms with Gasteiger partial charge in [-0.25, -0.2) is 4.98 Å². The molecule has 3 N–H and O–H groups in total. The van der Waals surface area contributed by atoms with E-state index in [1.54, 1.807) is 0 Å². The summed E-state index contributed by atoms with van der Waals surface area (Å²) in [6, 6.07) is 6.37. The molecule has 0 atom stereocenters. The van der Waals surface area contributed by atoms with Gasteiger partial charge in [0.25, 0.3) is 0 Å². The zero-order valence-corrected chi connectivity index (χ0v) is 11.6. The minimum Gasteiger partial charge on any atom is -0.399 e. The SMILES string of the molecule is CC(C)n1c(N2CCNCC2)nc2cc(N)ccc21. The summed E-state index contributed by atoms with van der Waals surface area (Å²) in [5.41, 5.74) is 8.79. The standard InChI is InChI=1S/C14H21N5/c1-10(2)19-13-4-3-11(15)9-12(13)17-14(19)18-7-5-16-6-8-18/h3-4,9-10,16H,5-8,15H2,1-2H3. The number of rotatable bonds is 2. The van der Waals surface area contributed by atoms with E-state index < -0.39 is 0 Å². The first-order valence-corrected chi connectivity index (χ1v) is 6.90. The Morgan fingerprint density at radius 2 is 2.00 bits per heavy atom. The summed E-state index contributed by atoms with van der Waals surface area (Å²) in [4.78, 5) is 7.15. The molecule has 0 bridgehead atoms. The number of anilines is 2. The van der Waals surface area contributed by atoms with Gasteiger partial charge in [0, 0.05) is 37.9 Å². The smallest absolute Gasteiger partial charge is 0.206 e. The maximum atomic E-state index is 5.86. The van der Waals surface area contributed by atoms with Gasteiger partial charge in [0.15, 0.2) is 0 Å². The van der Waals surface area contributed by atoms with Gasteiger partial charge in [-0.05, 0) is 32.0 Å². The Morgan fingerprint density at radius 3 is 2.68 bits per heavy atom. The number of hydrogen-bond acceptors (Lipinski definition) is 4. The van der Waals surface area contributed by atoms with Gasteiger partial charge in [0.2, 0.25) is 5.95 Å². The number of nitrogen functional groups attached to an aromatic ring is 1. The van der Waals surface area contributed by atoms with Gasteiger partial charge >= 0.3 is 0 Å². The van der Waals surface area contributed by atoms with E-state index in [1.165, 1.54) is 0 Å². The van der Waals surface area contributed by atoms with E-state index in [0.29, 0.717) is 6.04 Å². The Hall–Kier alpha value is -1.75. The van der Waals surface area contributed by atoms with Gasteiger partial charge in [0.05, 0.1) is 11.0 Å². The van der Waals surface area contributed by atoms with Crippen LogP contribution < -0.4 is 16.0 Å². The van der Waals surface area contributed by atoms with Gasteiger partial charge < -0.3 is 20.5 Å². The van der Waals surface area contributed by atoms with E-state index in [4.69, 9.17) is 10.7 Å². The highest BCUT2D eigenvalue weighted by atomic mass is 15.3. The van der Waals surface area contributed by atoms with Gasteiger partial charge in [0.1, 0.15) is 0 Å². The van der Waals surface area contributed by atoms with Crippen molar-refractivity contribution in [2.75, 3.05) is 36.8 Å². The van der Waals surface area contributed by atoms with E-state index in [1.807, 2.05) is 12.1 Å². The van der Waals surface area contributed by atoms with Gasteiger partial charge in [-0.1, -0.05) is 0 Å². The van der Waals surface area contributed by atoms with Crippen LogP contribution in [0.4, 0.5) is 11.6 Å². The number of piperazine rings is 1. The number of nitrogens with one attached hydrogen (secondary N) is 1. The Morgan fingerprint density at radius 1 is 1.26 bits per heavy atom. The van der Waals surface area contributed by atoms with Gasteiger partial charge in [-0.3, -0.25) is 0 Å². The highest BCUT2D eigenvalue weighted by molar-refractivity contribution is 5.82. The molecule has 0 spiro atoms. The minimum atomic E-state index is 0.388. The third-order valence-electron chi connectivity index (χ3n) is 3.61. The number of hydrogen-bond donors (Lipinski definition) is 2. The van der Waals surface area contributed by atoms with Crippen LogP contribution >= 0.6 is 0 Å². The average Bonchev–Trinajstić information content (AvgIpc) is 2.78. The summed E-state index contributed by atoms with van der Waals surface area (Å²) in [7, 11) is 0. The van der Waals surface area contributed by atoms with Crippen molar-refractivity contribution in [1.29, 1.82) is 0 Å². The molecule has 0 saturated carbocycles. The molecule has 3 rings (SSSR count). The topological polar surface area (TPSA) is 59.1 Å². The number of nitrogens with zero attached hydrogens (tertiary/aromatic N) is 3. The molecule has 2 heterocycles. The maximum Gasteiger partial charge on any atom is 0.206 e. The van der Waals surface area contributed by atoms with Crippen LogP contribution in [-0.4, -0.2) is 35.7 Å². The number of benzene rings is 1. The average molecular weight is 259 g/mol. The number of imidazole rings is 1. The molecule has 1 fully saturated rings. The molecule has 0 unspecified atom stereocenters. The van der Waals surface area contributed by atoms with E-state index in [0.717, 1.165) is 48.8 Å². The fourth-order valence-electron chi connectivity index (χ4n) is 2.70. The molecule has 102 valence electrons. The summed E-state index contributed by atoms with van der Waals surface area (Å²) in [6.45, 7) is 8.44. The van der Waals surface area contributed by atoms with Gasteiger partial charge in [-0.15, -0.1) is 0 Å². The Kier molecular flexibility index (Phi) is 3.06. The van der Waals surface area contributed by atoms with Gasteiger partial charge in [-0.2, -0.15) is 0 Å². The Labute approximate surface area is 113 Å². The second-order valence-electron chi connectivity index (χ2n) is 5.36. The van der Waals surface area contributed by atoms with Crippen LogP contribution in [0.25, 0.3) is 11.0 Å². The van der Waals surface area contributed by atoms with E-state index >= 15 is 0 Å². The van der Waals surface area contributed by atoms with Crippen molar-refractivity contribution in [3.63, 3.8) is 0 Å². The third-order valence-corrected chi connectivity index (χ3v) is 3.61. The first kappa shape index (κ1) is 12.3. The molecule has 0 radical (unpaired) electrons. The Balaban J connectivity index is 2.13. The number of fused-ring (bicyclic) bond motifs is 1. The van der Waals surface area contributed by atoms with Crippen LogP contribution in [0.5, 0.6) is 0 Å². The predicted octanol–water partition coefficient (Wildman–Crippen LogP) is 1.61. The quantitative estimate of drug-likeness (QED) is 0.804. The number of nitrogens with two attached hydrogens (primary N) is 1. The normalized spacial score (nSPS) is 16.5. The minimum absolute atomic E-state index is 0.388. The molecule has 0 amide bonds. The zero-order valence-electron chi connectivity index (χ0n) is 11.6. The summed E-state index contributed by atoms with van der Waals surface area (Å²) >= 11 is 0. The third kappa shape index (κ3) is 2.14. The van der Waals surface area contributed by atoms with Crippen molar-refractivity contribution in [3.05, 3.63) is 18.2 Å². The lowest BCUT2D eigenvalue weighted by atomic mass is 10.2. The summed E-state index contributed by atoms with van der Waals surface area (Å²) in [5, 5.41) is 3.38. The van der Waals surface area contributed by atoms with Crippen molar-refractivity contribution in [1.82, 2.24) is 14.9 Å². The number of aromatic nitrogens is 2. The lowest BCUT2D eigenvalue weighted by Crippen LogP contribution is -2.44. The lowest BCUT2D eigenvalue weighted by molar-refractivity contribution is 0.548. The van der Waals surface area contributed by atoms with Crippen LogP contribution in [0, 0.1) is 0 Å². The molecule has 0 aliphatic carbocycles. The fourth-order valence-corrected chi connectivity index (χ4v) is 2.70. The van der Waals surface area contributed by atoms with Crippen LogP contribution in [0.2, 0.25) is 0 Å². The van der Waals surface area contributed by atoms with Crippen molar-refractivity contribution in [2.45, 2.75) is 19.9 Å². The molecule has 5 nitrogen and oxygen atoms in total. The predicted molar refractivity (Wildman–Crippen MR) is 79.6 cm³/mol. The molecule has 1 aliphatic rings. The first-order valence-electron chi connectivity index (χ1n) is 6.90. The zero-order chi connectivity index (χ0) is 13.4. The molecular formula is C14H21N5. The van der Waals surface area contributed by atoms with Crippen LogP contribution in [0.3, 0.4) is 0 Å². The molecule has 1 saturated heterocycles. The molecule has 5 heteroatoms. The summed E-state index contributed by atoms with van der Waals surface area (Å²) < 4.78 is 2.31. The lowest BCUT2D eigenvalue weighted by Gasteiger charge is -2.29. The first-order chi connectivity index (χ1) is 9.16. The molecular weight excluding hydrogens is 238 g/mol. The van der Waals surface area contributed by atoms with Crippen LogP contribution in [0.15, 0.2) is 18.2 Å². The molecule has 1 aliphatic heterocycles.